The van der Waals surface area contributed by atoms with Crippen LogP contribution in [0.25, 0.3) is 0 Å². The lowest BCUT2D eigenvalue weighted by Gasteiger charge is -2.14. The number of hydrogen-bond donors (Lipinski definition) is 2. The fourth-order valence-corrected chi connectivity index (χ4v) is 1.45. The summed E-state index contributed by atoms with van der Waals surface area (Å²) in [4.78, 5) is 14.5. The highest BCUT2D eigenvalue weighted by Crippen LogP contribution is 2.16. The number of carboxylic acids is 1. The van der Waals surface area contributed by atoms with Gasteiger partial charge in [0, 0.05) is 18.7 Å². The van der Waals surface area contributed by atoms with Gasteiger partial charge in [-0.3, -0.25) is 4.79 Å². The Hall–Kier alpha value is -2.09. The quantitative estimate of drug-likeness (QED) is 0.811. The summed E-state index contributed by atoms with van der Waals surface area (Å²) in [5.74, 6) is -0.304. The lowest BCUT2D eigenvalue weighted by Crippen LogP contribution is -2.18. The van der Waals surface area contributed by atoms with Gasteiger partial charge in [0.05, 0.1) is 5.56 Å². The van der Waals surface area contributed by atoms with Crippen molar-refractivity contribution in [2.24, 2.45) is 0 Å². The number of carbonyl (C=O) groups is 1. The molecule has 17 heavy (non-hydrogen) atoms. The van der Waals surface area contributed by atoms with Gasteiger partial charge in [-0.1, -0.05) is 0 Å². The molecule has 0 fully saturated rings. The summed E-state index contributed by atoms with van der Waals surface area (Å²) >= 11 is 0. The molecule has 2 N–H and O–H groups in total. The van der Waals surface area contributed by atoms with Crippen molar-refractivity contribution < 1.29 is 9.90 Å². The van der Waals surface area contributed by atoms with Crippen molar-refractivity contribution in [2.45, 2.75) is 32.7 Å². The predicted octanol–water partition coefficient (Wildman–Crippen LogP) is 1.93. The van der Waals surface area contributed by atoms with Crippen LogP contribution in [0, 0.1) is 18.3 Å². The number of nitrogens with one attached hydrogen (secondary N) is 1. The van der Waals surface area contributed by atoms with E-state index in [2.05, 4.69) is 16.4 Å². The van der Waals surface area contributed by atoms with E-state index in [-0.39, 0.29) is 12.5 Å². The van der Waals surface area contributed by atoms with Gasteiger partial charge in [-0.2, -0.15) is 5.26 Å². The van der Waals surface area contributed by atoms with Crippen molar-refractivity contribution in [2.75, 3.05) is 5.32 Å². The summed E-state index contributed by atoms with van der Waals surface area (Å²) < 4.78 is 0. The number of nitrogens with zero attached hydrogens (tertiary/aromatic N) is 2. The summed E-state index contributed by atoms with van der Waals surface area (Å²) in [6.07, 6.45) is 2.22. The number of anilines is 1. The van der Waals surface area contributed by atoms with Gasteiger partial charge in [-0.15, -0.1) is 0 Å². The molecule has 0 aliphatic heterocycles. The molecule has 1 aromatic heterocycles. The molecule has 0 radical (unpaired) electrons. The Labute approximate surface area is 100 Å². The summed E-state index contributed by atoms with van der Waals surface area (Å²) in [7, 11) is 0. The van der Waals surface area contributed by atoms with E-state index in [0.717, 1.165) is 5.56 Å². The van der Waals surface area contributed by atoms with Crippen molar-refractivity contribution in [3.8, 4) is 6.07 Å². The average Bonchev–Trinajstić information content (AvgIpc) is 2.27. The number of rotatable bonds is 5. The number of aromatic nitrogens is 1. The predicted molar refractivity (Wildman–Crippen MR) is 63.6 cm³/mol. The maximum absolute atomic E-state index is 10.4. The summed E-state index contributed by atoms with van der Waals surface area (Å²) in [6, 6.07) is 3.83. The van der Waals surface area contributed by atoms with Gasteiger partial charge in [0.25, 0.3) is 0 Å². The Kier molecular flexibility index (Phi) is 4.46. The largest absolute Gasteiger partial charge is 0.481 e. The van der Waals surface area contributed by atoms with Crippen LogP contribution < -0.4 is 5.32 Å². The summed E-state index contributed by atoms with van der Waals surface area (Å²) in [6.45, 7) is 3.71. The minimum absolute atomic E-state index is 0.0347. The first-order valence-electron chi connectivity index (χ1n) is 5.38. The smallest absolute Gasteiger partial charge is 0.303 e. The molecule has 90 valence electrons. The van der Waals surface area contributed by atoms with E-state index in [9.17, 15) is 4.79 Å². The molecule has 0 aromatic carbocycles. The molecule has 0 saturated heterocycles. The highest BCUT2D eigenvalue weighted by Gasteiger charge is 2.10. The topological polar surface area (TPSA) is 86.0 Å². The van der Waals surface area contributed by atoms with Crippen LogP contribution in [0.2, 0.25) is 0 Å². The number of pyridine rings is 1. The molecule has 1 rings (SSSR count). The zero-order chi connectivity index (χ0) is 12.8. The average molecular weight is 233 g/mol. The molecule has 0 bridgehead atoms. The Bertz CT molecular complexity index is 452. The Morgan fingerprint density at radius 3 is 3.00 bits per heavy atom. The molecule has 0 saturated carbocycles. The fourth-order valence-electron chi connectivity index (χ4n) is 1.45. The van der Waals surface area contributed by atoms with E-state index in [1.54, 1.807) is 12.3 Å². The number of hydrogen-bond acceptors (Lipinski definition) is 4. The molecular weight excluding hydrogens is 218 g/mol. The Balaban J connectivity index is 2.72. The lowest BCUT2D eigenvalue weighted by atomic mass is 10.1. The van der Waals surface area contributed by atoms with Crippen LogP contribution in [-0.4, -0.2) is 22.1 Å². The van der Waals surface area contributed by atoms with E-state index in [1.807, 2.05) is 13.8 Å². The third-order valence-corrected chi connectivity index (χ3v) is 2.45. The molecule has 5 heteroatoms. The van der Waals surface area contributed by atoms with Crippen LogP contribution in [0.4, 0.5) is 5.82 Å². The van der Waals surface area contributed by atoms with Crippen LogP contribution in [0.15, 0.2) is 12.3 Å². The lowest BCUT2D eigenvalue weighted by molar-refractivity contribution is -0.137. The minimum Gasteiger partial charge on any atom is -0.481 e. The molecular formula is C12H15N3O2. The van der Waals surface area contributed by atoms with Crippen LogP contribution in [0.5, 0.6) is 0 Å². The second kappa shape index (κ2) is 5.85. The molecule has 0 aliphatic rings. The van der Waals surface area contributed by atoms with Crippen molar-refractivity contribution in [1.29, 1.82) is 5.26 Å². The van der Waals surface area contributed by atoms with Gasteiger partial charge in [-0.25, -0.2) is 4.98 Å². The van der Waals surface area contributed by atoms with Gasteiger partial charge in [0.1, 0.15) is 11.9 Å². The highest BCUT2D eigenvalue weighted by molar-refractivity contribution is 5.66. The van der Waals surface area contributed by atoms with Crippen molar-refractivity contribution >= 4 is 11.8 Å². The molecule has 1 heterocycles. The zero-order valence-corrected chi connectivity index (χ0v) is 9.90. The normalized spacial score (nSPS) is 11.6. The van der Waals surface area contributed by atoms with Gasteiger partial charge >= 0.3 is 5.97 Å². The van der Waals surface area contributed by atoms with Crippen LogP contribution >= 0.6 is 0 Å². The maximum Gasteiger partial charge on any atom is 0.303 e. The Morgan fingerprint density at radius 2 is 2.41 bits per heavy atom. The SMILES string of the molecule is Cc1ccnc(NC(C)CCC(=O)O)c1C#N. The molecule has 5 nitrogen and oxygen atoms in total. The summed E-state index contributed by atoms with van der Waals surface area (Å²) in [5.41, 5.74) is 1.37. The Morgan fingerprint density at radius 1 is 1.71 bits per heavy atom. The molecule has 1 atom stereocenters. The zero-order valence-electron chi connectivity index (χ0n) is 9.90. The maximum atomic E-state index is 10.4. The first-order valence-corrected chi connectivity index (χ1v) is 5.38. The fraction of sp³-hybridized carbons (Fsp3) is 0.417. The van der Waals surface area contributed by atoms with Crippen LogP contribution in [0.1, 0.15) is 30.9 Å². The molecule has 1 unspecified atom stereocenters. The van der Waals surface area contributed by atoms with E-state index in [0.29, 0.717) is 17.8 Å². The highest BCUT2D eigenvalue weighted by atomic mass is 16.4. The third kappa shape index (κ3) is 3.76. The molecule has 0 amide bonds. The second-order valence-corrected chi connectivity index (χ2v) is 3.94. The standard InChI is InChI=1S/C12H15N3O2/c1-8-5-6-14-12(10(8)7-13)15-9(2)3-4-11(16)17/h5-6,9H,3-4H2,1-2H3,(H,14,15)(H,16,17). The number of nitriles is 1. The number of aryl methyl sites for hydroxylation is 1. The monoisotopic (exact) mass is 233 g/mol. The van der Waals surface area contributed by atoms with Gasteiger partial charge in [0.2, 0.25) is 0 Å². The summed E-state index contributed by atoms with van der Waals surface area (Å²) in [5, 5.41) is 20.6. The van der Waals surface area contributed by atoms with Crippen molar-refractivity contribution in [1.82, 2.24) is 4.98 Å². The van der Waals surface area contributed by atoms with Crippen LogP contribution in [-0.2, 0) is 4.79 Å². The van der Waals surface area contributed by atoms with Crippen molar-refractivity contribution in [3.63, 3.8) is 0 Å². The first kappa shape index (κ1) is 13.0. The van der Waals surface area contributed by atoms with Crippen molar-refractivity contribution in [3.05, 3.63) is 23.4 Å². The van der Waals surface area contributed by atoms with E-state index in [1.165, 1.54) is 0 Å². The van der Waals surface area contributed by atoms with Gasteiger partial charge in [-0.05, 0) is 31.9 Å². The molecule has 0 aliphatic carbocycles. The molecule has 0 spiro atoms. The van der Waals surface area contributed by atoms with E-state index >= 15 is 0 Å². The number of aliphatic carboxylic acids is 1. The van der Waals surface area contributed by atoms with E-state index in [4.69, 9.17) is 10.4 Å². The third-order valence-electron chi connectivity index (χ3n) is 2.45. The first-order chi connectivity index (χ1) is 8.04. The van der Waals surface area contributed by atoms with Gasteiger partial charge < -0.3 is 10.4 Å². The number of carboxylic acid groups (broad SMARTS) is 1. The van der Waals surface area contributed by atoms with Crippen LogP contribution in [0.3, 0.4) is 0 Å². The minimum atomic E-state index is -0.823. The van der Waals surface area contributed by atoms with Gasteiger partial charge in [0.15, 0.2) is 0 Å². The molecule has 1 aromatic rings. The second-order valence-electron chi connectivity index (χ2n) is 3.94. The van der Waals surface area contributed by atoms with E-state index < -0.39 is 5.97 Å².